The van der Waals surface area contributed by atoms with E-state index in [0.717, 1.165) is 36.9 Å². The molecule has 2 aromatic rings. The van der Waals surface area contributed by atoms with Crippen LogP contribution < -0.4 is 0 Å². The standard InChI is InChI=1S/C24H29NO3S/c1-16-5-7-17(8-6-16)19-9-10-29-21(19)22(27)28-13-20(26)25-15-24(4)12-18(25)11-23(2,3)14-24/h5-10,18H,11-15H2,1-4H3/t18-,24-/m1/s1. The largest absolute Gasteiger partial charge is 0.451 e. The second-order valence-corrected chi connectivity index (χ2v) is 10.8. The van der Waals surface area contributed by atoms with Gasteiger partial charge in [-0.3, -0.25) is 4.79 Å². The number of fused-ring (bicyclic) bond motifs is 2. The van der Waals surface area contributed by atoms with E-state index in [-0.39, 0.29) is 29.4 Å². The maximum atomic E-state index is 12.9. The molecular formula is C24H29NO3S. The summed E-state index contributed by atoms with van der Waals surface area (Å²) in [6.07, 6.45) is 3.21. The first-order valence-corrected chi connectivity index (χ1v) is 11.1. The summed E-state index contributed by atoms with van der Waals surface area (Å²) in [6, 6.07) is 10.3. The molecule has 5 heteroatoms. The zero-order chi connectivity index (χ0) is 20.8. The summed E-state index contributed by atoms with van der Waals surface area (Å²) in [7, 11) is 0. The lowest BCUT2D eigenvalue weighted by Gasteiger charge is -2.39. The molecule has 1 aromatic heterocycles. The van der Waals surface area contributed by atoms with Gasteiger partial charge in [-0.1, -0.05) is 50.6 Å². The molecule has 1 saturated heterocycles. The fraction of sp³-hybridized carbons (Fsp3) is 0.500. The summed E-state index contributed by atoms with van der Waals surface area (Å²) in [6.45, 7) is 9.47. The van der Waals surface area contributed by atoms with E-state index in [2.05, 4.69) is 20.8 Å². The van der Waals surface area contributed by atoms with Gasteiger partial charge < -0.3 is 9.64 Å². The molecule has 2 aliphatic rings. The number of thiophene rings is 1. The normalized spacial score (nSPS) is 25.1. The molecule has 1 saturated carbocycles. The van der Waals surface area contributed by atoms with Crippen LogP contribution in [0.5, 0.6) is 0 Å². The van der Waals surface area contributed by atoms with Crippen LogP contribution in [0.3, 0.4) is 0 Å². The number of aryl methyl sites for hydroxylation is 1. The molecule has 2 atom stereocenters. The number of rotatable bonds is 4. The fourth-order valence-electron chi connectivity index (χ4n) is 5.46. The summed E-state index contributed by atoms with van der Waals surface area (Å²) < 4.78 is 5.46. The molecule has 0 unspecified atom stereocenters. The van der Waals surface area contributed by atoms with Gasteiger partial charge in [-0.15, -0.1) is 11.3 Å². The molecule has 0 N–H and O–H groups in total. The second kappa shape index (κ2) is 7.28. The summed E-state index contributed by atoms with van der Waals surface area (Å²) in [5.41, 5.74) is 3.45. The predicted molar refractivity (Wildman–Crippen MR) is 116 cm³/mol. The SMILES string of the molecule is Cc1ccc(-c2ccsc2C(=O)OCC(=O)N2C[C@]3(C)C[C@H]2CC(C)(C)C3)cc1. The van der Waals surface area contributed by atoms with E-state index in [4.69, 9.17) is 4.74 Å². The van der Waals surface area contributed by atoms with Gasteiger partial charge in [0.05, 0.1) is 0 Å². The molecule has 4 nitrogen and oxygen atoms in total. The first-order valence-electron chi connectivity index (χ1n) is 10.3. The predicted octanol–water partition coefficient (Wildman–Crippen LogP) is 5.31. The zero-order valence-electron chi connectivity index (χ0n) is 17.7. The Morgan fingerprint density at radius 2 is 1.86 bits per heavy atom. The second-order valence-electron chi connectivity index (χ2n) is 9.84. The zero-order valence-corrected chi connectivity index (χ0v) is 18.5. The Hall–Kier alpha value is -2.14. The molecule has 0 spiro atoms. The monoisotopic (exact) mass is 411 g/mol. The number of hydrogen-bond acceptors (Lipinski definition) is 4. The number of carbonyl (C=O) groups is 2. The molecule has 1 aliphatic carbocycles. The van der Waals surface area contributed by atoms with Gasteiger partial charge in [0.15, 0.2) is 6.61 Å². The van der Waals surface area contributed by atoms with Crippen molar-refractivity contribution in [2.24, 2.45) is 10.8 Å². The number of ether oxygens (including phenoxy) is 1. The van der Waals surface area contributed by atoms with Gasteiger partial charge in [-0.25, -0.2) is 4.79 Å². The van der Waals surface area contributed by atoms with Gasteiger partial charge in [0, 0.05) is 18.2 Å². The van der Waals surface area contributed by atoms with Crippen LogP contribution >= 0.6 is 11.3 Å². The highest BCUT2D eigenvalue weighted by atomic mass is 32.1. The minimum atomic E-state index is -0.419. The van der Waals surface area contributed by atoms with Gasteiger partial charge >= 0.3 is 5.97 Å². The van der Waals surface area contributed by atoms with Crippen molar-refractivity contribution in [3.63, 3.8) is 0 Å². The first-order chi connectivity index (χ1) is 13.7. The van der Waals surface area contributed by atoms with Crippen molar-refractivity contribution in [2.75, 3.05) is 13.2 Å². The molecule has 2 bridgehead atoms. The van der Waals surface area contributed by atoms with Gasteiger partial charge in [0.1, 0.15) is 4.88 Å². The molecule has 2 heterocycles. The molecule has 154 valence electrons. The topological polar surface area (TPSA) is 46.6 Å². The van der Waals surface area contributed by atoms with E-state index in [1.54, 1.807) is 0 Å². The molecule has 1 aromatic carbocycles. The lowest BCUT2D eigenvalue weighted by atomic mass is 9.65. The molecule has 4 rings (SSSR count). The summed E-state index contributed by atoms with van der Waals surface area (Å²) >= 11 is 1.36. The van der Waals surface area contributed by atoms with Crippen molar-refractivity contribution >= 4 is 23.2 Å². The van der Waals surface area contributed by atoms with Gasteiger partial charge in [-0.05, 0) is 54.0 Å². The van der Waals surface area contributed by atoms with E-state index >= 15 is 0 Å². The maximum Gasteiger partial charge on any atom is 0.349 e. The highest BCUT2D eigenvalue weighted by Crippen LogP contribution is 2.52. The highest BCUT2D eigenvalue weighted by molar-refractivity contribution is 7.12. The van der Waals surface area contributed by atoms with Gasteiger partial charge in [-0.2, -0.15) is 0 Å². The number of amides is 1. The number of likely N-dealkylation sites (tertiary alicyclic amines) is 1. The van der Waals surface area contributed by atoms with E-state index in [1.165, 1.54) is 16.9 Å². The summed E-state index contributed by atoms with van der Waals surface area (Å²) in [5.74, 6) is -0.490. The number of hydrogen-bond donors (Lipinski definition) is 0. The number of nitrogens with zero attached hydrogens (tertiary/aromatic N) is 1. The van der Waals surface area contributed by atoms with Crippen LogP contribution in [0.4, 0.5) is 0 Å². The third-order valence-electron chi connectivity index (χ3n) is 6.28. The van der Waals surface area contributed by atoms with Crippen molar-refractivity contribution in [1.29, 1.82) is 0 Å². The van der Waals surface area contributed by atoms with Gasteiger partial charge in [0.2, 0.25) is 0 Å². The molecule has 2 fully saturated rings. The van der Waals surface area contributed by atoms with Crippen LogP contribution in [-0.4, -0.2) is 36.0 Å². The third-order valence-corrected chi connectivity index (χ3v) is 7.17. The molecule has 0 radical (unpaired) electrons. The Kier molecular flexibility index (Phi) is 5.06. The Bertz CT molecular complexity index is 930. The number of carbonyl (C=O) groups excluding carboxylic acids is 2. The highest BCUT2D eigenvalue weighted by Gasteiger charge is 2.50. The van der Waals surface area contributed by atoms with Crippen LogP contribution in [0.1, 0.15) is 55.3 Å². The van der Waals surface area contributed by atoms with E-state index in [0.29, 0.717) is 4.88 Å². The van der Waals surface area contributed by atoms with Crippen LogP contribution in [-0.2, 0) is 9.53 Å². The average Bonchev–Trinajstić information content (AvgIpc) is 3.21. The maximum absolute atomic E-state index is 12.9. The fourth-order valence-corrected chi connectivity index (χ4v) is 6.26. The Morgan fingerprint density at radius 3 is 2.59 bits per heavy atom. The number of benzene rings is 1. The molecule has 29 heavy (non-hydrogen) atoms. The lowest BCUT2D eigenvalue weighted by molar-refractivity contribution is -0.135. The minimum Gasteiger partial charge on any atom is -0.451 e. The van der Waals surface area contributed by atoms with Crippen LogP contribution in [0, 0.1) is 17.8 Å². The van der Waals surface area contributed by atoms with Crippen LogP contribution in [0.15, 0.2) is 35.7 Å². The third kappa shape index (κ3) is 4.11. The first kappa shape index (κ1) is 20.1. The van der Waals surface area contributed by atoms with Crippen LogP contribution in [0.2, 0.25) is 0 Å². The average molecular weight is 412 g/mol. The Labute approximate surface area is 176 Å². The smallest absolute Gasteiger partial charge is 0.349 e. The Morgan fingerprint density at radius 1 is 1.14 bits per heavy atom. The van der Waals surface area contributed by atoms with Crippen LogP contribution in [0.25, 0.3) is 11.1 Å². The van der Waals surface area contributed by atoms with E-state index in [9.17, 15) is 9.59 Å². The van der Waals surface area contributed by atoms with E-state index < -0.39 is 5.97 Å². The quantitative estimate of drug-likeness (QED) is 0.641. The molecular weight excluding hydrogens is 382 g/mol. The van der Waals surface area contributed by atoms with Crippen molar-refractivity contribution in [3.05, 3.63) is 46.2 Å². The lowest BCUT2D eigenvalue weighted by Crippen LogP contribution is -2.39. The molecule has 1 aliphatic heterocycles. The van der Waals surface area contributed by atoms with Crippen molar-refractivity contribution in [3.8, 4) is 11.1 Å². The van der Waals surface area contributed by atoms with E-state index in [1.807, 2.05) is 47.5 Å². The Balaban J connectivity index is 1.42. The van der Waals surface area contributed by atoms with Gasteiger partial charge in [0.25, 0.3) is 5.91 Å². The minimum absolute atomic E-state index is 0.0711. The van der Waals surface area contributed by atoms with Crippen molar-refractivity contribution < 1.29 is 14.3 Å². The van der Waals surface area contributed by atoms with Crippen molar-refractivity contribution in [1.82, 2.24) is 4.90 Å². The summed E-state index contributed by atoms with van der Waals surface area (Å²) in [5, 5.41) is 1.89. The summed E-state index contributed by atoms with van der Waals surface area (Å²) in [4.78, 5) is 28.1. The number of esters is 1. The van der Waals surface area contributed by atoms with Crippen molar-refractivity contribution in [2.45, 2.75) is 53.0 Å². The molecule has 1 amide bonds.